The molecule has 0 aromatic carbocycles. The van der Waals surface area contributed by atoms with E-state index in [2.05, 4.69) is 28.6 Å². The van der Waals surface area contributed by atoms with Crippen LogP contribution in [0.15, 0.2) is 0 Å². The van der Waals surface area contributed by atoms with Gasteiger partial charge in [0.25, 0.3) is 0 Å². The van der Waals surface area contributed by atoms with E-state index in [0.29, 0.717) is 13.1 Å². The van der Waals surface area contributed by atoms with Crippen molar-refractivity contribution in [2.24, 2.45) is 0 Å². The smallest absolute Gasteiger partial charge is 0.314 e. The van der Waals surface area contributed by atoms with Crippen molar-refractivity contribution in [2.75, 3.05) is 31.9 Å². The van der Waals surface area contributed by atoms with E-state index < -0.39 is 0 Å². The third kappa shape index (κ3) is 9.67. The summed E-state index contributed by atoms with van der Waals surface area (Å²) in [5.74, 6) is 0.943. The Morgan fingerprint density at radius 3 is 2.57 bits per heavy atom. The predicted molar refractivity (Wildman–Crippen MR) is 63.0 cm³/mol. The quantitative estimate of drug-likeness (QED) is 0.357. The number of thiol groups is 1. The minimum Gasteiger partial charge on any atom is -0.338 e. The third-order valence-electron chi connectivity index (χ3n) is 1.69. The van der Waals surface area contributed by atoms with E-state index in [1.165, 1.54) is 0 Å². The molecule has 0 aromatic rings. The Balaban J connectivity index is 3.01. The highest BCUT2D eigenvalue weighted by molar-refractivity contribution is 7.80. The van der Waals surface area contributed by atoms with Crippen molar-refractivity contribution < 1.29 is 4.79 Å². The number of unbranched alkanes of at least 4 members (excludes halogenated alkanes) is 1. The summed E-state index contributed by atoms with van der Waals surface area (Å²) in [6, 6.07) is -0.0929. The normalized spacial score (nSPS) is 9.86. The highest BCUT2D eigenvalue weighted by atomic mass is 32.1. The van der Waals surface area contributed by atoms with Crippen LogP contribution in [0.5, 0.6) is 0 Å². The highest BCUT2D eigenvalue weighted by Crippen LogP contribution is 1.87. The zero-order chi connectivity index (χ0) is 10.6. The second-order valence-corrected chi connectivity index (χ2v) is 3.41. The molecule has 0 radical (unpaired) electrons. The maximum absolute atomic E-state index is 10.9. The van der Waals surface area contributed by atoms with Gasteiger partial charge in [-0.1, -0.05) is 0 Å². The number of hydrogen-bond donors (Lipinski definition) is 4. The Kier molecular flexibility index (Phi) is 10.3. The molecule has 0 aromatic heterocycles. The Hall–Kier alpha value is -0.420. The minimum absolute atomic E-state index is 0.0929. The molecule has 84 valence electrons. The van der Waals surface area contributed by atoms with Crippen molar-refractivity contribution in [3.05, 3.63) is 0 Å². The van der Waals surface area contributed by atoms with E-state index >= 15 is 0 Å². The van der Waals surface area contributed by atoms with Gasteiger partial charge >= 0.3 is 6.03 Å². The molecule has 0 spiro atoms. The maximum Gasteiger partial charge on any atom is 0.314 e. The molecular weight excluding hydrogens is 198 g/mol. The van der Waals surface area contributed by atoms with Crippen LogP contribution in [0.1, 0.15) is 19.8 Å². The Bertz CT molecular complexity index is 144. The monoisotopic (exact) mass is 219 g/mol. The zero-order valence-electron chi connectivity index (χ0n) is 8.81. The second kappa shape index (κ2) is 10.7. The molecule has 5 heteroatoms. The fourth-order valence-electron chi connectivity index (χ4n) is 0.974. The fraction of sp³-hybridized carbons (Fsp3) is 0.889. The number of hydrogen-bond acceptors (Lipinski definition) is 3. The fourth-order valence-corrected chi connectivity index (χ4v) is 1.20. The van der Waals surface area contributed by atoms with Crippen molar-refractivity contribution in [1.82, 2.24) is 16.0 Å². The molecule has 4 nitrogen and oxygen atoms in total. The van der Waals surface area contributed by atoms with Gasteiger partial charge in [0, 0.05) is 19.6 Å². The van der Waals surface area contributed by atoms with Crippen LogP contribution in [0.2, 0.25) is 0 Å². The summed E-state index contributed by atoms with van der Waals surface area (Å²) in [6.45, 7) is 5.06. The SMILES string of the molecule is CCNC(=O)NCCNCCCCS. The van der Waals surface area contributed by atoms with Gasteiger partial charge in [0.2, 0.25) is 0 Å². The molecule has 0 saturated carbocycles. The largest absolute Gasteiger partial charge is 0.338 e. The van der Waals surface area contributed by atoms with E-state index in [1.807, 2.05) is 6.92 Å². The van der Waals surface area contributed by atoms with E-state index in [4.69, 9.17) is 0 Å². The van der Waals surface area contributed by atoms with Gasteiger partial charge in [0.1, 0.15) is 0 Å². The first-order chi connectivity index (χ1) is 6.81. The molecule has 0 saturated heterocycles. The lowest BCUT2D eigenvalue weighted by atomic mass is 10.3. The maximum atomic E-state index is 10.9. The van der Waals surface area contributed by atoms with Crippen LogP contribution in [-0.4, -0.2) is 38.0 Å². The van der Waals surface area contributed by atoms with Crippen molar-refractivity contribution in [3.63, 3.8) is 0 Å². The molecular formula is C9H21N3OS. The number of nitrogens with one attached hydrogen (secondary N) is 3. The summed E-state index contributed by atoms with van der Waals surface area (Å²) < 4.78 is 0. The molecule has 0 aliphatic rings. The van der Waals surface area contributed by atoms with E-state index in [0.717, 1.165) is 31.7 Å². The lowest BCUT2D eigenvalue weighted by Gasteiger charge is -2.06. The number of rotatable bonds is 8. The molecule has 14 heavy (non-hydrogen) atoms. The number of amides is 2. The van der Waals surface area contributed by atoms with Crippen molar-refractivity contribution >= 4 is 18.7 Å². The first-order valence-corrected chi connectivity index (χ1v) is 5.77. The molecule has 0 aliphatic heterocycles. The number of urea groups is 1. The Labute approximate surface area is 91.6 Å². The van der Waals surface area contributed by atoms with Gasteiger partial charge < -0.3 is 16.0 Å². The Morgan fingerprint density at radius 1 is 1.14 bits per heavy atom. The molecule has 0 bridgehead atoms. The molecule has 0 aliphatic carbocycles. The standard InChI is InChI=1S/C9H21N3OS/c1-2-11-9(13)12-7-6-10-5-3-4-8-14/h10,14H,2-8H2,1H3,(H2,11,12,13). The van der Waals surface area contributed by atoms with Gasteiger partial charge in [-0.3, -0.25) is 0 Å². The van der Waals surface area contributed by atoms with Gasteiger partial charge in [-0.25, -0.2) is 4.79 Å². The van der Waals surface area contributed by atoms with Crippen molar-refractivity contribution in [3.8, 4) is 0 Å². The van der Waals surface area contributed by atoms with Crippen LogP contribution < -0.4 is 16.0 Å². The van der Waals surface area contributed by atoms with Crippen molar-refractivity contribution in [2.45, 2.75) is 19.8 Å². The molecule has 0 atom stereocenters. The van der Waals surface area contributed by atoms with E-state index in [1.54, 1.807) is 0 Å². The number of carbonyl (C=O) groups excluding carboxylic acids is 1. The molecule has 3 N–H and O–H groups in total. The third-order valence-corrected chi connectivity index (χ3v) is 2.00. The van der Waals surface area contributed by atoms with Gasteiger partial charge in [0.15, 0.2) is 0 Å². The first-order valence-electron chi connectivity index (χ1n) is 5.14. The molecule has 0 fully saturated rings. The first kappa shape index (κ1) is 13.6. The lowest BCUT2D eigenvalue weighted by Crippen LogP contribution is -2.39. The second-order valence-electron chi connectivity index (χ2n) is 2.97. The lowest BCUT2D eigenvalue weighted by molar-refractivity contribution is 0.241. The topological polar surface area (TPSA) is 53.2 Å². The molecule has 0 rings (SSSR count). The molecule has 0 heterocycles. The molecule has 0 unspecified atom stereocenters. The molecule has 2 amide bonds. The summed E-state index contributed by atoms with van der Waals surface area (Å²) in [7, 11) is 0. The van der Waals surface area contributed by atoms with Gasteiger partial charge in [-0.15, -0.1) is 0 Å². The minimum atomic E-state index is -0.0929. The van der Waals surface area contributed by atoms with Crippen LogP contribution >= 0.6 is 12.6 Å². The van der Waals surface area contributed by atoms with Crippen LogP contribution in [0.25, 0.3) is 0 Å². The van der Waals surface area contributed by atoms with Crippen molar-refractivity contribution in [1.29, 1.82) is 0 Å². The van der Waals surface area contributed by atoms with Crippen LogP contribution in [0.4, 0.5) is 4.79 Å². The van der Waals surface area contributed by atoms with E-state index in [-0.39, 0.29) is 6.03 Å². The average Bonchev–Trinajstić information content (AvgIpc) is 2.17. The number of carbonyl (C=O) groups is 1. The van der Waals surface area contributed by atoms with E-state index in [9.17, 15) is 4.79 Å². The predicted octanol–water partition coefficient (Wildman–Crippen LogP) is 0.605. The summed E-state index contributed by atoms with van der Waals surface area (Å²) >= 11 is 4.12. The van der Waals surface area contributed by atoms with Gasteiger partial charge in [-0.05, 0) is 32.1 Å². The van der Waals surface area contributed by atoms with Crippen LogP contribution in [-0.2, 0) is 0 Å². The summed E-state index contributed by atoms with van der Waals surface area (Å²) in [6.07, 6.45) is 2.28. The summed E-state index contributed by atoms with van der Waals surface area (Å²) in [5.41, 5.74) is 0. The van der Waals surface area contributed by atoms with Gasteiger partial charge in [0.05, 0.1) is 0 Å². The summed E-state index contributed by atoms with van der Waals surface area (Å²) in [4.78, 5) is 10.9. The van der Waals surface area contributed by atoms with Crippen LogP contribution in [0, 0.1) is 0 Å². The Morgan fingerprint density at radius 2 is 1.93 bits per heavy atom. The van der Waals surface area contributed by atoms with Gasteiger partial charge in [-0.2, -0.15) is 12.6 Å². The average molecular weight is 219 g/mol. The zero-order valence-corrected chi connectivity index (χ0v) is 9.70. The summed E-state index contributed by atoms with van der Waals surface area (Å²) in [5, 5.41) is 8.66. The highest BCUT2D eigenvalue weighted by Gasteiger charge is 1.94. The van der Waals surface area contributed by atoms with Crippen LogP contribution in [0.3, 0.4) is 0 Å².